The number of aliphatic hydroxyl groups excluding tert-OH is 1. The molecule has 2 amide bonds. The molecule has 0 unspecified atom stereocenters. The van der Waals surface area contributed by atoms with Crippen LogP contribution in [0.2, 0.25) is 0 Å². The first-order valence-corrected chi connectivity index (χ1v) is 7.64. The van der Waals surface area contributed by atoms with Crippen LogP contribution in [0.25, 0.3) is 11.1 Å². The van der Waals surface area contributed by atoms with E-state index in [4.69, 9.17) is 10.3 Å². The molecular weight excluding hydrogens is 308 g/mol. The average molecular weight is 328 g/mol. The normalized spacial score (nSPS) is 11.6. The number of benzene rings is 2. The highest BCUT2D eigenvalue weighted by Gasteiger charge is 2.20. The summed E-state index contributed by atoms with van der Waals surface area (Å²) in [6, 6.07) is 13.9. The maximum absolute atomic E-state index is 12.1. The summed E-state index contributed by atoms with van der Waals surface area (Å²) in [7, 11) is 0. The Balaban J connectivity index is 2.10. The molecular formula is C18H20N2O4. The molecule has 0 bridgehead atoms. The van der Waals surface area contributed by atoms with Crippen molar-refractivity contribution < 1.29 is 19.9 Å². The molecule has 1 atom stereocenters. The first kappa shape index (κ1) is 17.7. The molecule has 0 aliphatic carbocycles. The van der Waals surface area contributed by atoms with Gasteiger partial charge in [-0.05, 0) is 35.2 Å². The zero-order valence-corrected chi connectivity index (χ0v) is 13.3. The van der Waals surface area contributed by atoms with Crippen LogP contribution in [-0.4, -0.2) is 34.8 Å². The number of carbonyl (C=O) groups excluding carboxylic acids is 2. The molecule has 0 aromatic heterocycles. The van der Waals surface area contributed by atoms with Crippen molar-refractivity contribution >= 4 is 11.8 Å². The lowest BCUT2D eigenvalue weighted by Gasteiger charge is -2.14. The van der Waals surface area contributed by atoms with Gasteiger partial charge in [0.15, 0.2) is 0 Å². The largest absolute Gasteiger partial charge is 0.394 e. The molecule has 6 nitrogen and oxygen atoms in total. The van der Waals surface area contributed by atoms with Crippen LogP contribution >= 0.6 is 0 Å². The van der Waals surface area contributed by atoms with Gasteiger partial charge in [-0.1, -0.05) is 43.3 Å². The lowest BCUT2D eigenvalue weighted by Crippen LogP contribution is -2.48. The van der Waals surface area contributed by atoms with E-state index in [9.17, 15) is 9.59 Å². The molecule has 0 spiro atoms. The second kappa shape index (κ2) is 8.24. The summed E-state index contributed by atoms with van der Waals surface area (Å²) in [6.45, 7) is 1.49. The van der Waals surface area contributed by atoms with Crippen LogP contribution in [0.5, 0.6) is 0 Å². The molecule has 2 rings (SSSR count). The molecule has 0 aliphatic heterocycles. The molecule has 0 heterocycles. The minimum atomic E-state index is -1.20. The van der Waals surface area contributed by atoms with Gasteiger partial charge in [0.2, 0.25) is 0 Å². The topological polar surface area (TPSA) is 98.7 Å². The van der Waals surface area contributed by atoms with E-state index in [0.717, 1.165) is 17.5 Å². The predicted octanol–water partition coefficient (Wildman–Crippen LogP) is 1.51. The number of nitrogens with one attached hydrogen (secondary N) is 2. The van der Waals surface area contributed by atoms with Gasteiger partial charge < -0.3 is 10.4 Å². The molecule has 6 heteroatoms. The highest BCUT2D eigenvalue weighted by Crippen LogP contribution is 2.20. The lowest BCUT2D eigenvalue weighted by molar-refractivity contribution is -0.132. The summed E-state index contributed by atoms with van der Waals surface area (Å²) in [5.41, 5.74) is 5.03. The van der Waals surface area contributed by atoms with Gasteiger partial charge >= 0.3 is 0 Å². The Morgan fingerprint density at radius 1 is 1.00 bits per heavy atom. The van der Waals surface area contributed by atoms with Gasteiger partial charge in [0.25, 0.3) is 11.8 Å². The predicted molar refractivity (Wildman–Crippen MR) is 89.5 cm³/mol. The molecule has 24 heavy (non-hydrogen) atoms. The SMILES string of the molecule is CCc1ccc(-c2ccc(C(=O)N[C@@H](CO)C(=O)NO)cc2)cc1. The maximum atomic E-state index is 12.1. The number of hydrogen-bond acceptors (Lipinski definition) is 4. The molecule has 0 saturated heterocycles. The van der Waals surface area contributed by atoms with E-state index in [1.165, 1.54) is 11.0 Å². The first-order valence-electron chi connectivity index (χ1n) is 7.64. The second-order valence-electron chi connectivity index (χ2n) is 5.31. The van der Waals surface area contributed by atoms with E-state index in [1.807, 2.05) is 24.3 Å². The molecule has 4 N–H and O–H groups in total. The summed E-state index contributed by atoms with van der Waals surface area (Å²) in [6.07, 6.45) is 0.979. The number of aryl methyl sites for hydroxylation is 1. The molecule has 0 saturated carbocycles. The van der Waals surface area contributed by atoms with E-state index in [2.05, 4.69) is 24.4 Å². The van der Waals surface area contributed by atoms with E-state index in [0.29, 0.717) is 5.56 Å². The number of amides is 2. The Morgan fingerprint density at radius 3 is 2.00 bits per heavy atom. The Bertz CT molecular complexity index is 696. The average Bonchev–Trinajstić information content (AvgIpc) is 2.65. The minimum Gasteiger partial charge on any atom is -0.394 e. The van der Waals surface area contributed by atoms with Gasteiger partial charge in [0.05, 0.1) is 6.61 Å². The molecule has 2 aromatic rings. The van der Waals surface area contributed by atoms with Gasteiger partial charge in [0, 0.05) is 5.56 Å². The van der Waals surface area contributed by atoms with Crippen LogP contribution in [0.4, 0.5) is 0 Å². The van der Waals surface area contributed by atoms with Crippen LogP contribution in [-0.2, 0) is 11.2 Å². The summed E-state index contributed by atoms with van der Waals surface area (Å²) in [5.74, 6) is -1.39. The second-order valence-corrected chi connectivity index (χ2v) is 5.31. The third-order valence-corrected chi connectivity index (χ3v) is 3.76. The first-order chi connectivity index (χ1) is 11.6. The van der Waals surface area contributed by atoms with Crippen molar-refractivity contribution in [3.63, 3.8) is 0 Å². The van der Waals surface area contributed by atoms with Crippen LogP contribution in [0, 0.1) is 0 Å². The Morgan fingerprint density at radius 2 is 1.54 bits per heavy atom. The van der Waals surface area contributed by atoms with Crippen molar-refractivity contribution in [3.8, 4) is 11.1 Å². The van der Waals surface area contributed by atoms with Crippen molar-refractivity contribution in [1.82, 2.24) is 10.8 Å². The van der Waals surface area contributed by atoms with Crippen LogP contribution in [0.15, 0.2) is 48.5 Å². The molecule has 2 aromatic carbocycles. The highest BCUT2D eigenvalue weighted by molar-refractivity contribution is 5.97. The maximum Gasteiger partial charge on any atom is 0.268 e. The summed E-state index contributed by atoms with van der Waals surface area (Å²) < 4.78 is 0. The monoisotopic (exact) mass is 328 g/mol. The van der Waals surface area contributed by atoms with E-state index < -0.39 is 24.5 Å². The van der Waals surface area contributed by atoms with Gasteiger partial charge in [-0.25, -0.2) is 5.48 Å². The van der Waals surface area contributed by atoms with Crippen LogP contribution < -0.4 is 10.8 Å². The number of rotatable bonds is 6. The highest BCUT2D eigenvalue weighted by atomic mass is 16.5. The van der Waals surface area contributed by atoms with Crippen molar-refractivity contribution in [2.24, 2.45) is 0 Å². The quantitative estimate of drug-likeness (QED) is 0.477. The fourth-order valence-corrected chi connectivity index (χ4v) is 2.26. The van der Waals surface area contributed by atoms with Gasteiger partial charge in [-0.15, -0.1) is 0 Å². The Hall–Kier alpha value is -2.70. The minimum absolute atomic E-state index is 0.355. The summed E-state index contributed by atoms with van der Waals surface area (Å²) in [5, 5.41) is 20.0. The lowest BCUT2D eigenvalue weighted by atomic mass is 10.0. The van der Waals surface area contributed by atoms with Gasteiger partial charge in [-0.3, -0.25) is 14.8 Å². The fraction of sp³-hybridized carbons (Fsp3) is 0.222. The Kier molecular flexibility index (Phi) is 6.06. The number of carbonyl (C=O) groups is 2. The smallest absolute Gasteiger partial charge is 0.268 e. The van der Waals surface area contributed by atoms with Crippen LogP contribution in [0.3, 0.4) is 0 Å². The number of hydroxylamine groups is 1. The third kappa shape index (κ3) is 4.18. The zero-order chi connectivity index (χ0) is 17.5. The number of aliphatic hydroxyl groups is 1. The van der Waals surface area contributed by atoms with Gasteiger partial charge in [-0.2, -0.15) is 0 Å². The fourth-order valence-electron chi connectivity index (χ4n) is 2.26. The zero-order valence-electron chi connectivity index (χ0n) is 13.3. The van der Waals surface area contributed by atoms with Crippen molar-refractivity contribution in [3.05, 3.63) is 59.7 Å². The number of hydrogen-bond donors (Lipinski definition) is 4. The summed E-state index contributed by atoms with van der Waals surface area (Å²) >= 11 is 0. The molecule has 0 radical (unpaired) electrons. The van der Waals surface area contributed by atoms with Crippen molar-refractivity contribution in [2.45, 2.75) is 19.4 Å². The van der Waals surface area contributed by atoms with Crippen LogP contribution in [0.1, 0.15) is 22.8 Å². The van der Waals surface area contributed by atoms with Crippen molar-refractivity contribution in [1.29, 1.82) is 0 Å². The van der Waals surface area contributed by atoms with Crippen molar-refractivity contribution in [2.75, 3.05) is 6.61 Å². The molecule has 0 aliphatic rings. The van der Waals surface area contributed by atoms with Gasteiger partial charge in [0.1, 0.15) is 6.04 Å². The van der Waals surface area contributed by atoms with E-state index in [-0.39, 0.29) is 0 Å². The Labute approximate surface area is 140 Å². The molecule has 126 valence electrons. The standard InChI is InChI=1S/C18H20N2O4/c1-2-12-3-5-13(6-4-12)14-7-9-15(10-8-14)17(22)19-16(11-21)18(23)20-24/h3-10,16,21,24H,2,11H2,1H3,(H,19,22)(H,20,23)/t16-/m0/s1. The van der Waals surface area contributed by atoms with E-state index in [1.54, 1.807) is 12.1 Å². The van der Waals surface area contributed by atoms with E-state index >= 15 is 0 Å². The third-order valence-electron chi connectivity index (χ3n) is 3.76. The summed E-state index contributed by atoms with van der Waals surface area (Å²) in [4.78, 5) is 23.3. The molecule has 0 fully saturated rings.